The predicted molar refractivity (Wildman–Crippen MR) is 101 cm³/mol. The van der Waals surface area contributed by atoms with Crippen LogP contribution in [0.2, 0.25) is 10.0 Å². The van der Waals surface area contributed by atoms with Gasteiger partial charge in [-0.1, -0.05) is 60.5 Å². The third kappa shape index (κ3) is 3.89. The van der Waals surface area contributed by atoms with Gasteiger partial charge >= 0.3 is 0 Å². The number of rotatable bonds is 5. The van der Waals surface area contributed by atoms with Crippen molar-refractivity contribution < 1.29 is 9.18 Å². The van der Waals surface area contributed by atoms with E-state index in [1.54, 1.807) is 6.20 Å². The maximum Gasteiger partial charge on any atom is 0.253 e. The van der Waals surface area contributed by atoms with E-state index in [-0.39, 0.29) is 21.7 Å². The lowest BCUT2D eigenvalue weighted by atomic mass is 10.1. The molecule has 3 aromatic rings. The summed E-state index contributed by atoms with van der Waals surface area (Å²) in [4.78, 5) is 20.1. The van der Waals surface area contributed by atoms with E-state index in [0.29, 0.717) is 12.2 Å². The lowest BCUT2D eigenvalue weighted by Gasteiger charge is -2.15. The molecule has 1 heterocycles. The van der Waals surface area contributed by atoms with Crippen LogP contribution in [0.25, 0.3) is 11.3 Å². The molecule has 1 atom stereocenters. The third-order valence-corrected chi connectivity index (χ3v) is 4.58. The number of aromatic nitrogens is 2. The second-order valence-electron chi connectivity index (χ2n) is 5.73. The Morgan fingerprint density at radius 2 is 1.96 bits per heavy atom. The molecule has 26 heavy (non-hydrogen) atoms. The molecular formula is C19H16Cl2FN3O. The maximum atomic E-state index is 13.7. The van der Waals surface area contributed by atoms with Crippen molar-refractivity contribution in [3.63, 3.8) is 0 Å². The summed E-state index contributed by atoms with van der Waals surface area (Å²) in [6.45, 7) is 1.92. The summed E-state index contributed by atoms with van der Waals surface area (Å²) in [6.07, 6.45) is 2.32. The van der Waals surface area contributed by atoms with Gasteiger partial charge in [-0.3, -0.25) is 4.79 Å². The van der Waals surface area contributed by atoms with Gasteiger partial charge < -0.3 is 10.3 Å². The lowest BCUT2D eigenvalue weighted by Crippen LogP contribution is -2.29. The van der Waals surface area contributed by atoms with Crippen LogP contribution in [0.3, 0.4) is 0 Å². The Labute approximate surface area is 160 Å². The molecule has 2 N–H and O–H groups in total. The summed E-state index contributed by atoms with van der Waals surface area (Å²) >= 11 is 11.7. The van der Waals surface area contributed by atoms with Gasteiger partial charge in [-0.2, -0.15) is 0 Å². The molecule has 2 aromatic carbocycles. The molecule has 1 amide bonds. The van der Waals surface area contributed by atoms with Crippen LogP contribution in [0, 0.1) is 5.82 Å². The van der Waals surface area contributed by atoms with E-state index in [4.69, 9.17) is 23.2 Å². The summed E-state index contributed by atoms with van der Waals surface area (Å²) in [7, 11) is 0. The quantitative estimate of drug-likeness (QED) is 0.571. The van der Waals surface area contributed by atoms with Crippen molar-refractivity contribution in [1.82, 2.24) is 15.3 Å². The summed E-state index contributed by atoms with van der Waals surface area (Å²) in [5, 5.41) is 2.79. The number of nitrogens with zero attached hydrogens (tertiary/aromatic N) is 1. The number of hydrogen-bond donors (Lipinski definition) is 2. The van der Waals surface area contributed by atoms with Gasteiger partial charge in [-0.25, -0.2) is 9.37 Å². The van der Waals surface area contributed by atoms with Crippen LogP contribution in [0.5, 0.6) is 0 Å². The molecule has 3 rings (SSSR count). The number of halogens is 3. The normalized spacial score (nSPS) is 12.0. The zero-order valence-corrected chi connectivity index (χ0v) is 15.4. The third-order valence-electron chi connectivity index (χ3n) is 3.98. The van der Waals surface area contributed by atoms with E-state index in [1.165, 1.54) is 6.07 Å². The topological polar surface area (TPSA) is 57.8 Å². The fourth-order valence-corrected chi connectivity index (χ4v) is 3.04. The Morgan fingerprint density at radius 3 is 2.65 bits per heavy atom. The summed E-state index contributed by atoms with van der Waals surface area (Å²) < 4.78 is 13.7. The predicted octanol–water partition coefficient (Wildman–Crippen LogP) is 5.40. The molecule has 0 fully saturated rings. The van der Waals surface area contributed by atoms with E-state index in [0.717, 1.165) is 17.3 Å². The highest BCUT2D eigenvalue weighted by Crippen LogP contribution is 2.26. The fraction of sp³-hybridized carbons (Fsp3) is 0.158. The van der Waals surface area contributed by atoms with E-state index in [9.17, 15) is 9.18 Å². The van der Waals surface area contributed by atoms with Crippen LogP contribution in [0.15, 0.2) is 48.7 Å². The van der Waals surface area contributed by atoms with Gasteiger partial charge in [0.2, 0.25) is 0 Å². The Balaban J connectivity index is 1.81. The Hall–Kier alpha value is -2.37. The minimum absolute atomic E-state index is 0.0295. The van der Waals surface area contributed by atoms with Gasteiger partial charge in [-0.05, 0) is 24.1 Å². The zero-order chi connectivity index (χ0) is 18.7. The van der Waals surface area contributed by atoms with Crippen molar-refractivity contribution in [2.45, 2.75) is 19.4 Å². The smallest absolute Gasteiger partial charge is 0.253 e. The van der Waals surface area contributed by atoms with Crippen molar-refractivity contribution >= 4 is 29.1 Å². The van der Waals surface area contributed by atoms with Crippen molar-refractivity contribution in [2.75, 3.05) is 0 Å². The minimum Gasteiger partial charge on any atom is -0.342 e. The first kappa shape index (κ1) is 18.4. The Kier molecular flexibility index (Phi) is 5.59. The number of amides is 1. The van der Waals surface area contributed by atoms with Crippen molar-refractivity contribution in [3.8, 4) is 11.3 Å². The van der Waals surface area contributed by atoms with Crippen LogP contribution in [-0.2, 0) is 0 Å². The number of aromatic amines is 1. The summed E-state index contributed by atoms with van der Waals surface area (Å²) in [5.74, 6) is -0.570. The van der Waals surface area contributed by atoms with Crippen molar-refractivity contribution in [2.24, 2.45) is 0 Å². The van der Waals surface area contributed by atoms with Crippen molar-refractivity contribution in [1.29, 1.82) is 0 Å². The molecule has 4 nitrogen and oxygen atoms in total. The number of H-pyrrole nitrogens is 1. The first-order chi connectivity index (χ1) is 12.5. The van der Waals surface area contributed by atoms with Gasteiger partial charge in [0.1, 0.15) is 11.6 Å². The molecule has 134 valence electrons. The second-order valence-corrected chi connectivity index (χ2v) is 6.54. The number of nitrogens with one attached hydrogen (secondary N) is 2. The zero-order valence-electron chi connectivity index (χ0n) is 13.9. The van der Waals surface area contributed by atoms with Crippen LogP contribution in [0.1, 0.15) is 35.6 Å². The molecule has 0 radical (unpaired) electrons. The number of benzene rings is 2. The van der Waals surface area contributed by atoms with Gasteiger partial charge in [0.25, 0.3) is 5.91 Å². The number of hydrogen-bond acceptors (Lipinski definition) is 2. The number of carbonyl (C=O) groups excluding carboxylic acids is 1. The largest absolute Gasteiger partial charge is 0.342 e. The fourth-order valence-electron chi connectivity index (χ4n) is 2.57. The molecule has 1 unspecified atom stereocenters. The van der Waals surface area contributed by atoms with Crippen LogP contribution in [-0.4, -0.2) is 15.9 Å². The van der Waals surface area contributed by atoms with E-state index >= 15 is 0 Å². The maximum absolute atomic E-state index is 13.7. The van der Waals surface area contributed by atoms with Gasteiger partial charge in [0, 0.05) is 0 Å². The van der Waals surface area contributed by atoms with E-state index in [2.05, 4.69) is 15.3 Å². The minimum atomic E-state index is -0.696. The summed E-state index contributed by atoms with van der Waals surface area (Å²) in [6, 6.07) is 11.6. The first-order valence-corrected chi connectivity index (χ1v) is 8.81. The molecular weight excluding hydrogens is 376 g/mol. The Morgan fingerprint density at radius 1 is 1.23 bits per heavy atom. The molecule has 0 saturated carbocycles. The lowest BCUT2D eigenvalue weighted by molar-refractivity contribution is 0.0933. The standard InChI is InChI=1S/C19H16Cl2FN3O/c1-2-16(18-23-10-17(24-18)11-6-4-3-5-7-11)25-19(26)12-8-15(22)14(21)9-13(12)20/h3-10,16H,2H2,1H3,(H,23,24)(H,25,26). The molecule has 1 aromatic heterocycles. The average Bonchev–Trinajstić information content (AvgIpc) is 3.13. The summed E-state index contributed by atoms with van der Waals surface area (Å²) in [5.41, 5.74) is 1.88. The molecule has 0 bridgehead atoms. The van der Waals surface area contributed by atoms with E-state index in [1.807, 2.05) is 37.3 Å². The highest BCUT2D eigenvalue weighted by molar-refractivity contribution is 6.36. The molecule has 0 aliphatic carbocycles. The van der Waals surface area contributed by atoms with Gasteiger partial charge in [0.15, 0.2) is 0 Å². The van der Waals surface area contributed by atoms with E-state index < -0.39 is 11.7 Å². The highest BCUT2D eigenvalue weighted by Gasteiger charge is 2.20. The molecule has 7 heteroatoms. The first-order valence-electron chi connectivity index (χ1n) is 8.05. The Bertz CT molecular complexity index is 928. The number of carbonyl (C=O) groups is 1. The van der Waals surface area contributed by atoms with Crippen LogP contribution in [0.4, 0.5) is 4.39 Å². The number of imidazole rings is 1. The molecule has 0 spiro atoms. The van der Waals surface area contributed by atoms with Gasteiger partial charge in [-0.15, -0.1) is 0 Å². The average molecular weight is 392 g/mol. The molecule has 0 saturated heterocycles. The SMILES string of the molecule is CCC(NC(=O)c1cc(F)c(Cl)cc1Cl)c1ncc(-c2ccccc2)[nH]1. The van der Waals surface area contributed by atoms with Crippen LogP contribution >= 0.6 is 23.2 Å². The monoisotopic (exact) mass is 391 g/mol. The molecule has 0 aliphatic rings. The van der Waals surface area contributed by atoms with Crippen molar-refractivity contribution in [3.05, 3.63) is 75.9 Å². The molecule has 0 aliphatic heterocycles. The van der Waals surface area contributed by atoms with Crippen LogP contribution < -0.4 is 5.32 Å². The second kappa shape index (κ2) is 7.89. The highest BCUT2D eigenvalue weighted by atomic mass is 35.5. The van der Waals surface area contributed by atoms with Gasteiger partial charge in [0.05, 0.1) is 33.5 Å².